The number of benzene rings is 2. The molecule has 2 aromatic rings. The van der Waals surface area contributed by atoms with Crippen LogP contribution >= 0.6 is 23.2 Å². The van der Waals surface area contributed by atoms with Crippen molar-refractivity contribution in [2.24, 2.45) is 5.92 Å². The maximum Gasteiger partial charge on any atom is 0.417 e. The summed E-state index contributed by atoms with van der Waals surface area (Å²) in [5.41, 5.74) is -3.72. The maximum atomic E-state index is 14.9. The van der Waals surface area contributed by atoms with Crippen molar-refractivity contribution in [1.29, 1.82) is 0 Å². The minimum atomic E-state index is -5.15. The lowest BCUT2D eigenvalue weighted by Crippen LogP contribution is -2.20. The van der Waals surface area contributed by atoms with Crippen LogP contribution in [0.2, 0.25) is 10.0 Å². The quantitative estimate of drug-likeness (QED) is 0.217. The SMILES string of the molecule is CCS(=O)(=O)C[C@@H](C)CC(=O)c1ccc(/C(F)=C/C(c2ccc(Cl)c(Cl)c2)C(F)(F)F)cc1C(F)(F)F. The summed E-state index contributed by atoms with van der Waals surface area (Å²) >= 11 is 11.5. The van der Waals surface area contributed by atoms with Crippen molar-refractivity contribution in [3.63, 3.8) is 0 Å². The van der Waals surface area contributed by atoms with E-state index in [4.69, 9.17) is 23.2 Å². The van der Waals surface area contributed by atoms with Gasteiger partial charge in [-0.15, -0.1) is 0 Å². The number of rotatable bonds is 9. The molecular weight excluding hydrogens is 572 g/mol. The van der Waals surface area contributed by atoms with Gasteiger partial charge in [-0.1, -0.05) is 55.2 Å². The lowest BCUT2D eigenvalue weighted by molar-refractivity contribution is -0.140. The zero-order chi connectivity index (χ0) is 28.3. The lowest BCUT2D eigenvalue weighted by atomic mass is 9.93. The molecule has 37 heavy (non-hydrogen) atoms. The Labute approximate surface area is 219 Å². The van der Waals surface area contributed by atoms with Gasteiger partial charge in [0.1, 0.15) is 21.6 Å². The molecule has 13 heteroatoms. The van der Waals surface area contributed by atoms with Crippen molar-refractivity contribution in [3.05, 3.63) is 74.8 Å². The zero-order valence-corrected chi connectivity index (χ0v) is 21.7. The number of hydrogen-bond acceptors (Lipinski definition) is 3. The molecule has 2 atom stereocenters. The summed E-state index contributed by atoms with van der Waals surface area (Å²) < 4.78 is 121. The van der Waals surface area contributed by atoms with Gasteiger partial charge in [0.15, 0.2) is 5.78 Å². The molecule has 2 aromatic carbocycles. The fraction of sp³-hybridized carbons (Fsp3) is 0.375. The normalized spacial score (nSPS) is 14.9. The Kier molecular flexibility index (Phi) is 9.87. The highest BCUT2D eigenvalue weighted by atomic mass is 35.5. The number of hydrogen-bond donors (Lipinski definition) is 0. The minimum absolute atomic E-state index is 0.0486. The lowest BCUT2D eigenvalue weighted by Gasteiger charge is -2.19. The smallest absolute Gasteiger partial charge is 0.294 e. The Bertz CT molecular complexity index is 1290. The molecule has 0 aliphatic rings. The molecule has 0 saturated carbocycles. The van der Waals surface area contributed by atoms with E-state index in [2.05, 4.69) is 0 Å². The largest absolute Gasteiger partial charge is 0.417 e. The third kappa shape index (κ3) is 8.44. The molecule has 0 fully saturated rings. The van der Waals surface area contributed by atoms with Gasteiger partial charge in [0.2, 0.25) is 0 Å². The van der Waals surface area contributed by atoms with Crippen LogP contribution in [0.15, 0.2) is 42.5 Å². The van der Waals surface area contributed by atoms with E-state index in [0.717, 1.165) is 24.3 Å². The van der Waals surface area contributed by atoms with Crippen molar-refractivity contribution in [3.8, 4) is 0 Å². The average Bonchev–Trinajstić information content (AvgIpc) is 2.77. The highest BCUT2D eigenvalue weighted by molar-refractivity contribution is 7.91. The van der Waals surface area contributed by atoms with E-state index in [1.54, 1.807) is 0 Å². The van der Waals surface area contributed by atoms with Crippen molar-refractivity contribution >= 4 is 44.6 Å². The average molecular weight is 593 g/mol. The number of ketones is 1. The summed E-state index contributed by atoms with van der Waals surface area (Å²) in [6, 6.07) is 4.56. The Morgan fingerprint density at radius 3 is 2.14 bits per heavy atom. The van der Waals surface area contributed by atoms with Crippen LogP contribution in [0.3, 0.4) is 0 Å². The molecule has 0 aliphatic heterocycles. The highest BCUT2D eigenvalue weighted by Crippen LogP contribution is 2.41. The number of allylic oxidation sites excluding steroid dienone is 1. The van der Waals surface area contributed by atoms with Gasteiger partial charge in [-0.3, -0.25) is 4.79 Å². The molecule has 3 nitrogen and oxygen atoms in total. The van der Waals surface area contributed by atoms with Gasteiger partial charge in [-0.2, -0.15) is 26.3 Å². The minimum Gasteiger partial charge on any atom is -0.294 e. The van der Waals surface area contributed by atoms with Crippen LogP contribution in [0.1, 0.15) is 53.2 Å². The van der Waals surface area contributed by atoms with Crippen LogP contribution in [-0.2, 0) is 16.0 Å². The zero-order valence-electron chi connectivity index (χ0n) is 19.4. The molecule has 0 amide bonds. The summed E-state index contributed by atoms with van der Waals surface area (Å²) in [4.78, 5) is 12.6. The molecule has 204 valence electrons. The van der Waals surface area contributed by atoms with Gasteiger partial charge in [0.05, 0.1) is 21.4 Å². The van der Waals surface area contributed by atoms with Crippen molar-refractivity contribution < 1.29 is 43.9 Å². The Morgan fingerprint density at radius 2 is 1.62 bits per heavy atom. The van der Waals surface area contributed by atoms with Crippen molar-refractivity contribution in [2.75, 3.05) is 11.5 Å². The van der Waals surface area contributed by atoms with Gasteiger partial charge in [-0.25, -0.2) is 12.8 Å². The van der Waals surface area contributed by atoms with Crippen molar-refractivity contribution in [1.82, 2.24) is 0 Å². The molecule has 1 unspecified atom stereocenters. The predicted octanol–water partition coefficient (Wildman–Crippen LogP) is 8.31. The summed E-state index contributed by atoms with van der Waals surface area (Å²) in [7, 11) is -3.49. The second kappa shape index (κ2) is 11.7. The standard InChI is InChI=1S/C24H21Cl2F7O3S/c1-3-37(35,36)12-13(2)8-22(34)16-6-4-15(9-18(16)24(31,32)33)21(27)11-17(23(28,29)30)14-5-7-19(25)20(26)10-14/h4-7,9-11,13,17H,3,8,12H2,1-2H3/b21-11-/t13-,17?/m0/s1. The van der Waals surface area contributed by atoms with E-state index >= 15 is 0 Å². The second-order valence-electron chi connectivity index (χ2n) is 8.40. The molecule has 0 N–H and O–H groups in total. The van der Waals surface area contributed by atoms with E-state index in [9.17, 15) is 43.9 Å². The first-order valence-electron chi connectivity index (χ1n) is 10.7. The first-order chi connectivity index (χ1) is 16.9. The number of carbonyl (C=O) groups excluding carboxylic acids is 1. The summed E-state index contributed by atoms with van der Waals surface area (Å²) in [6.45, 7) is 2.77. The van der Waals surface area contributed by atoms with E-state index in [0.29, 0.717) is 6.07 Å². The topological polar surface area (TPSA) is 51.2 Å². The summed E-state index contributed by atoms with van der Waals surface area (Å²) in [6.07, 6.45) is -10.6. The number of halogens is 9. The molecule has 0 aliphatic carbocycles. The fourth-order valence-corrected chi connectivity index (χ4v) is 5.06. The van der Waals surface area contributed by atoms with Gasteiger partial charge in [-0.05, 0) is 35.8 Å². The first-order valence-corrected chi connectivity index (χ1v) is 13.3. The molecule has 0 aromatic heterocycles. The van der Waals surface area contributed by atoms with Crippen LogP contribution in [0, 0.1) is 5.92 Å². The van der Waals surface area contributed by atoms with Gasteiger partial charge in [0, 0.05) is 23.3 Å². The van der Waals surface area contributed by atoms with Crippen molar-refractivity contribution in [2.45, 2.75) is 38.5 Å². The van der Waals surface area contributed by atoms with Crippen LogP contribution in [0.25, 0.3) is 5.83 Å². The van der Waals surface area contributed by atoms with E-state index in [1.165, 1.54) is 13.8 Å². The van der Waals surface area contributed by atoms with E-state index in [1.807, 2.05) is 0 Å². The van der Waals surface area contributed by atoms with Crippen LogP contribution in [0.4, 0.5) is 30.7 Å². The molecule has 0 heterocycles. The summed E-state index contributed by atoms with van der Waals surface area (Å²) in [5.74, 6) is -6.63. The number of Topliss-reactive ketones (excluding diaryl/α,β-unsaturated/α-hetero) is 1. The molecule has 0 spiro atoms. The third-order valence-corrected chi connectivity index (χ3v) is 8.08. The molecule has 0 bridgehead atoms. The van der Waals surface area contributed by atoms with E-state index in [-0.39, 0.29) is 27.9 Å². The number of carbonyl (C=O) groups is 1. The molecule has 0 saturated heterocycles. The van der Waals surface area contributed by atoms with E-state index < -0.39 is 80.1 Å². The second-order valence-corrected chi connectivity index (χ2v) is 11.6. The molecule has 0 radical (unpaired) electrons. The van der Waals surface area contributed by atoms with Crippen LogP contribution in [-0.4, -0.2) is 31.9 Å². The maximum absolute atomic E-state index is 14.9. The fourth-order valence-electron chi connectivity index (χ4n) is 3.54. The Balaban J connectivity index is 2.49. The Hall–Kier alpha value is -2.11. The van der Waals surface area contributed by atoms with Gasteiger partial charge < -0.3 is 0 Å². The summed E-state index contributed by atoms with van der Waals surface area (Å²) in [5, 5.41) is -0.280. The van der Waals surface area contributed by atoms with Crippen LogP contribution in [0.5, 0.6) is 0 Å². The monoisotopic (exact) mass is 592 g/mol. The highest BCUT2D eigenvalue weighted by Gasteiger charge is 2.40. The molecule has 2 rings (SSSR count). The van der Waals surface area contributed by atoms with Gasteiger partial charge in [0.25, 0.3) is 0 Å². The Morgan fingerprint density at radius 1 is 1.00 bits per heavy atom. The van der Waals surface area contributed by atoms with Crippen LogP contribution < -0.4 is 0 Å². The number of alkyl halides is 6. The predicted molar refractivity (Wildman–Crippen MR) is 128 cm³/mol. The number of sulfone groups is 1. The van der Waals surface area contributed by atoms with Gasteiger partial charge >= 0.3 is 12.4 Å². The third-order valence-electron chi connectivity index (χ3n) is 5.38. The first kappa shape index (κ1) is 31.1. The molecular formula is C24H21Cl2F7O3S.